The van der Waals surface area contributed by atoms with Crippen LogP contribution in [0.2, 0.25) is 0 Å². The fraction of sp³-hybridized carbons (Fsp3) is 0.200. The van der Waals surface area contributed by atoms with Crippen LogP contribution >= 0.6 is 27.7 Å². The highest BCUT2D eigenvalue weighted by molar-refractivity contribution is 9.09. The van der Waals surface area contributed by atoms with Gasteiger partial charge in [0.15, 0.2) is 10.9 Å². The molecule has 2 rings (SSSR count). The lowest BCUT2D eigenvalue weighted by Crippen LogP contribution is -2.18. The van der Waals surface area contributed by atoms with E-state index in [9.17, 15) is 9.59 Å². The van der Waals surface area contributed by atoms with Crippen LogP contribution in [-0.2, 0) is 0 Å². The Morgan fingerprint density at radius 3 is 3.00 bits per heavy atom. The van der Waals surface area contributed by atoms with Gasteiger partial charge in [0.25, 0.3) is 5.56 Å². The van der Waals surface area contributed by atoms with Gasteiger partial charge in [0, 0.05) is 11.6 Å². The first-order chi connectivity index (χ1) is 8.15. The molecule has 0 atom stereocenters. The molecule has 0 radical (unpaired) electrons. The van der Waals surface area contributed by atoms with E-state index in [0.29, 0.717) is 16.2 Å². The Labute approximate surface area is 109 Å². The summed E-state index contributed by atoms with van der Waals surface area (Å²) in [6, 6.07) is 1.52. The first-order valence-corrected chi connectivity index (χ1v) is 7.03. The highest BCUT2D eigenvalue weighted by Crippen LogP contribution is 2.13. The quantitative estimate of drug-likeness (QED) is 0.403. The number of nitrogens with one attached hydrogen (secondary N) is 1. The molecule has 2 heterocycles. The Bertz CT molecular complexity index is 641. The van der Waals surface area contributed by atoms with Gasteiger partial charge in [-0.05, 0) is 12.3 Å². The van der Waals surface area contributed by atoms with Crippen molar-refractivity contribution in [1.82, 2.24) is 15.0 Å². The molecule has 17 heavy (non-hydrogen) atoms. The second-order valence-corrected chi connectivity index (χ2v) is 4.56. The molecular weight excluding hydrogens is 306 g/mol. The van der Waals surface area contributed by atoms with Gasteiger partial charge in [-0.1, -0.05) is 27.7 Å². The highest BCUT2D eigenvalue weighted by Gasteiger charge is 2.11. The number of pyridine rings is 1. The lowest BCUT2D eigenvalue weighted by Gasteiger charge is -2.01. The number of Topliss-reactive ketones (excluding diaryl/α,β-unsaturated/α-hetero) is 1. The minimum atomic E-state index is -0.423. The standard InChI is InChI=1S/C10H8BrN3O2S/c1-17-10-12-4-5-2-6(7(15)3-11)9(16)13-8(5)14-10/h2,4H,3H2,1H3,(H,12,13,14,16). The summed E-state index contributed by atoms with van der Waals surface area (Å²) >= 11 is 4.42. The number of fused-ring (bicyclic) bond motifs is 1. The molecule has 7 heteroatoms. The van der Waals surface area contributed by atoms with Gasteiger partial charge in [-0.15, -0.1) is 0 Å². The van der Waals surface area contributed by atoms with E-state index in [1.165, 1.54) is 17.8 Å². The Balaban J connectivity index is 2.66. The number of ketones is 1. The summed E-state index contributed by atoms with van der Waals surface area (Å²) in [6.07, 6.45) is 3.44. The third-order valence-corrected chi connectivity index (χ3v) is 3.25. The summed E-state index contributed by atoms with van der Waals surface area (Å²) in [6.45, 7) is 0. The van der Waals surface area contributed by atoms with Crippen LogP contribution in [0.25, 0.3) is 11.0 Å². The SMILES string of the molecule is CSc1ncc2cc(C(=O)CBr)c(=O)[nH]c2n1. The van der Waals surface area contributed by atoms with Gasteiger partial charge >= 0.3 is 0 Å². The monoisotopic (exact) mass is 313 g/mol. The number of carbonyl (C=O) groups excluding carboxylic acids is 1. The van der Waals surface area contributed by atoms with E-state index in [1.54, 1.807) is 6.20 Å². The number of rotatable bonds is 3. The number of alkyl halides is 1. The first kappa shape index (κ1) is 12.3. The first-order valence-electron chi connectivity index (χ1n) is 4.69. The third-order valence-electron chi connectivity index (χ3n) is 2.18. The number of thioether (sulfide) groups is 1. The molecule has 0 amide bonds. The van der Waals surface area contributed by atoms with Crippen molar-refractivity contribution in [3.8, 4) is 0 Å². The van der Waals surface area contributed by atoms with Crippen LogP contribution in [0, 0.1) is 0 Å². The molecule has 0 aliphatic heterocycles. The van der Waals surface area contributed by atoms with E-state index in [2.05, 4.69) is 30.9 Å². The molecule has 0 aliphatic carbocycles. The topological polar surface area (TPSA) is 75.7 Å². The summed E-state index contributed by atoms with van der Waals surface area (Å²) in [7, 11) is 0. The van der Waals surface area contributed by atoms with Crippen molar-refractivity contribution in [2.75, 3.05) is 11.6 Å². The molecule has 0 saturated heterocycles. The van der Waals surface area contributed by atoms with Gasteiger partial charge in [-0.3, -0.25) is 9.59 Å². The van der Waals surface area contributed by atoms with E-state index in [0.717, 1.165) is 0 Å². The van der Waals surface area contributed by atoms with Crippen molar-refractivity contribution in [1.29, 1.82) is 0 Å². The van der Waals surface area contributed by atoms with Gasteiger partial charge in [0.2, 0.25) is 0 Å². The van der Waals surface area contributed by atoms with Crippen LogP contribution in [0.1, 0.15) is 10.4 Å². The van der Waals surface area contributed by atoms with E-state index >= 15 is 0 Å². The number of nitrogens with zero attached hydrogens (tertiary/aromatic N) is 2. The lowest BCUT2D eigenvalue weighted by molar-refractivity contribution is 0.102. The van der Waals surface area contributed by atoms with Gasteiger partial charge in [-0.25, -0.2) is 9.97 Å². The fourth-order valence-corrected chi connectivity index (χ4v) is 2.00. The maximum absolute atomic E-state index is 11.7. The van der Waals surface area contributed by atoms with E-state index < -0.39 is 5.56 Å². The van der Waals surface area contributed by atoms with E-state index in [-0.39, 0.29) is 16.7 Å². The molecule has 0 saturated carbocycles. The maximum atomic E-state index is 11.7. The van der Waals surface area contributed by atoms with E-state index in [4.69, 9.17) is 0 Å². The van der Waals surface area contributed by atoms with Crippen molar-refractivity contribution < 1.29 is 4.79 Å². The Kier molecular flexibility index (Phi) is 3.58. The largest absolute Gasteiger partial charge is 0.306 e. The van der Waals surface area contributed by atoms with Crippen molar-refractivity contribution in [2.45, 2.75) is 5.16 Å². The summed E-state index contributed by atoms with van der Waals surface area (Å²) in [5, 5.41) is 1.34. The van der Waals surface area contributed by atoms with Crippen molar-refractivity contribution in [2.24, 2.45) is 0 Å². The van der Waals surface area contributed by atoms with Crippen LogP contribution in [-0.4, -0.2) is 32.3 Å². The predicted octanol–water partition coefficient (Wildman–Crippen LogP) is 1.62. The van der Waals surface area contributed by atoms with Crippen LogP contribution < -0.4 is 5.56 Å². The average Bonchev–Trinajstić information content (AvgIpc) is 2.36. The molecule has 0 spiro atoms. The Hall–Kier alpha value is -1.21. The van der Waals surface area contributed by atoms with Gasteiger partial charge in [-0.2, -0.15) is 0 Å². The zero-order valence-electron chi connectivity index (χ0n) is 8.86. The molecule has 0 bridgehead atoms. The van der Waals surface area contributed by atoms with Crippen molar-refractivity contribution >= 4 is 44.5 Å². The van der Waals surface area contributed by atoms with Gasteiger partial charge < -0.3 is 4.98 Å². The Morgan fingerprint density at radius 2 is 2.35 bits per heavy atom. The maximum Gasteiger partial charge on any atom is 0.260 e. The number of hydrogen-bond donors (Lipinski definition) is 1. The molecule has 2 aromatic rings. The smallest absolute Gasteiger partial charge is 0.260 e. The Morgan fingerprint density at radius 1 is 1.59 bits per heavy atom. The average molecular weight is 314 g/mol. The zero-order valence-corrected chi connectivity index (χ0v) is 11.3. The molecule has 1 N–H and O–H groups in total. The number of carbonyl (C=O) groups is 1. The zero-order chi connectivity index (χ0) is 12.4. The van der Waals surface area contributed by atoms with Crippen molar-refractivity contribution in [3.05, 3.63) is 28.2 Å². The molecule has 0 unspecified atom stereocenters. The minimum Gasteiger partial charge on any atom is -0.306 e. The van der Waals surface area contributed by atoms with Crippen LogP contribution in [0.15, 0.2) is 22.2 Å². The highest BCUT2D eigenvalue weighted by atomic mass is 79.9. The molecule has 0 aromatic carbocycles. The third kappa shape index (κ3) is 2.39. The van der Waals surface area contributed by atoms with E-state index in [1.807, 2.05) is 6.26 Å². The summed E-state index contributed by atoms with van der Waals surface area (Å²) in [5.41, 5.74) is 0.142. The molecule has 88 valence electrons. The predicted molar refractivity (Wildman–Crippen MR) is 70.1 cm³/mol. The normalized spacial score (nSPS) is 10.7. The number of aromatic nitrogens is 3. The molecule has 2 aromatic heterocycles. The summed E-state index contributed by atoms with van der Waals surface area (Å²) in [5.74, 6) is -0.262. The van der Waals surface area contributed by atoms with Crippen molar-refractivity contribution in [3.63, 3.8) is 0 Å². The second kappa shape index (κ2) is 4.97. The molecular formula is C10H8BrN3O2S. The molecule has 0 aliphatic rings. The summed E-state index contributed by atoms with van der Waals surface area (Å²) in [4.78, 5) is 34.0. The van der Waals surface area contributed by atoms with Gasteiger partial charge in [0.05, 0.1) is 10.9 Å². The minimum absolute atomic E-state index is 0.116. The number of H-pyrrole nitrogens is 1. The van der Waals surface area contributed by atoms with Crippen LogP contribution in [0.3, 0.4) is 0 Å². The van der Waals surface area contributed by atoms with Crippen LogP contribution in [0.5, 0.6) is 0 Å². The fourth-order valence-electron chi connectivity index (χ4n) is 1.35. The molecule has 5 nitrogen and oxygen atoms in total. The summed E-state index contributed by atoms with van der Waals surface area (Å²) < 4.78 is 0. The number of hydrogen-bond acceptors (Lipinski definition) is 5. The molecule has 0 fully saturated rings. The van der Waals surface area contributed by atoms with Gasteiger partial charge in [0.1, 0.15) is 5.65 Å². The lowest BCUT2D eigenvalue weighted by atomic mass is 10.2. The number of halogens is 1. The second-order valence-electron chi connectivity index (χ2n) is 3.23. The number of aromatic amines is 1. The van der Waals surface area contributed by atoms with Crippen LogP contribution in [0.4, 0.5) is 0 Å².